The van der Waals surface area contributed by atoms with Crippen molar-refractivity contribution in [2.24, 2.45) is 0 Å². The SMILES string of the molecule is COC[C@@H](Cc1ncc(F)cn1)S(=O)(=O)Cc1nnc(-c2ccc(C)o2)n1-c1c(OC)cccc1OC.COC[C@H](Cc1ncc(F)cn1)S(=O)(=O)Cc1nnc(-c2ccc(C)o2)n1-c1c(OC)cccc1OC. The normalized spacial score (nSPS) is 12.5. The van der Waals surface area contributed by atoms with E-state index in [4.69, 9.17) is 37.3 Å². The monoisotopic (exact) mass is 1060 g/mol. The minimum absolute atomic E-state index is 0.0766. The number of ether oxygens (including phenoxy) is 6. The number of methoxy groups -OCH3 is 6. The molecule has 0 saturated carbocycles. The Bertz CT molecular complexity index is 3120. The molecule has 6 heterocycles. The third-order valence-corrected chi connectivity index (χ3v) is 15.1. The molecule has 0 aliphatic rings. The van der Waals surface area contributed by atoms with Crippen LogP contribution in [-0.4, -0.2) is 133 Å². The van der Waals surface area contributed by atoms with Crippen molar-refractivity contribution >= 4 is 19.7 Å². The topological polar surface area (TPSA) is 263 Å². The van der Waals surface area contributed by atoms with Crippen LogP contribution in [-0.2, 0) is 53.5 Å². The van der Waals surface area contributed by atoms with E-state index >= 15 is 0 Å². The number of furan rings is 2. The number of hydrogen-bond donors (Lipinski definition) is 0. The molecule has 6 aromatic heterocycles. The Balaban J connectivity index is 0.000000216. The van der Waals surface area contributed by atoms with Crippen molar-refractivity contribution in [3.8, 4) is 57.5 Å². The first-order valence-corrected chi connectivity index (χ1v) is 25.8. The van der Waals surface area contributed by atoms with Gasteiger partial charge in [-0.25, -0.2) is 45.6 Å². The smallest absolute Gasteiger partial charge is 0.204 e. The summed E-state index contributed by atoms with van der Waals surface area (Å²) in [6.07, 6.45) is 3.80. The van der Waals surface area contributed by atoms with Crippen molar-refractivity contribution in [1.82, 2.24) is 49.5 Å². The van der Waals surface area contributed by atoms with Crippen molar-refractivity contribution in [2.45, 2.75) is 48.7 Å². The molecule has 8 aromatic rings. The fraction of sp³-hybridized carbons (Fsp3) is 0.333. The Hall–Kier alpha value is -7.68. The van der Waals surface area contributed by atoms with E-state index in [0.29, 0.717) is 57.4 Å². The number of halogens is 2. The number of nitrogens with zero attached hydrogens (tertiary/aromatic N) is 10. The van der Waals surface area contributed by atoms with E-state index in [0.717, 1.165) is 24.8 Å². The Morgan fingerprint density at radius 1 is 0.514 bits per heavy atom. The molecule has 0 N–H and O–H groups in total. The van der Waals surface area contributed by atoms with Gasteiger partial charge in [-0.3, -0.25) is 9.13 Å². The molecule has 26 heteroatoms. The number of benzene rings is 2. The Kier molecular flexibility index (Phi) is 17.5. The number of rotatable bonds is 22. The van der Waals surface area contributed by atoms with Crippen LogP contribution in [0.3, 0.4) is 0 Å². The molecule has 0 radical (unpaired) electrons. The Morgan fingerprint density at radius 3 is 1.14 bits per heavy atom. The second-order valence-electron chi connectivity index (χ2n) is 16.2. The molecule has 0 saturated heterocycles. The highest BCUT2D eigenvalue weighted by Gasteiger charge is 2.34. The van der Waals surface area contributed by atoms with Gasteiger partial charge in [0.1, 0.15) is 69.0 Å². The predicted octanol–water partition coefficient (Wildman–Crippen LogP) is 5.91. The van der Waals surface area contributed by atoms with Crippen molar-refractivity contribution in [3.63, 3.8) is 0 Å². The quantitative estimate of drug-likeness (QED) is 0.0764. The lowest BCUT2D eigenvalue weighted by Gasteiger charge is -2.19. The molecule has 0 aliphatic carbocycles. The van der Waals surface area contributed by atoms with Gasteiger partial charge in [-0.05, 0) is 62.4 Å². The number of aryl methyl sites for hydroxylation is 2. The molecule has 0 unspecified atom stereocenters. The van der Waals surface area contributed by atoms with Crippen molar-refractivity contribution in [1.29, 1.82) is 0 Å². The third kappa shape index (κ3) is 12.4. The van der Waals surface area contributed by atoms with Gasteiger partial charge in [0.25, 0.3) is 0 Å². The molecular weight excluding hydrogens is 1010 g/mol. The average molecular weight is 1060 g/mol. The summed E-state index contributed by atoms with van der Waals surface area (Å²) < 4.78 is 128. The van der Waals surface area contributed by atoms with Crippen LogP contribution in [0.25, 0.3) is 34.5 Å². The van der Waals surface area contributed by atoms with E-state index in [1.807, 2.05) is 0 Å². The van der Waals surface area contributed by atoms with E-state index in [1.54, 1.807) is 83.6 Å². The maximum absolute atomic E-state index is 13.6. The van der Waals surface area contributed by atoms with Crippen LogP contribution >= 0.6 is 0 Å². The molecule has 2 aromatic carbocycles. The Morgan fingerprint density at radius 2 is 0.851 bits per heavy atom. The fourth-order valence-corrected chi connectivity index (χ4v) is 10.7. The highest BCUT2D eigenvalue weighted by Crippen LogP contribution is 2.39. The largest absolute Gasteiger partial charge is 0.494 e. The minimum Gasteiger partial charge on any atom is -0.494 e. The van der Waals surface area contributed by atoms with Gasteiger partial charge in [0, 0.05) is 27.1 Å². The molecule has 0 fully saturated rings. The van der Waals surface area contributed by atoms with Crippen LogP contribution in [0.2, 0.25) is 0 Å². The summed E-state index contributed by atoms with van der Waals surface area (Å²) in [5.41, 5.74) is 0.828. The first kappa shape index (κ1) is 54.1. The van der Waals surface area contributed by atoms with Gasteiger partial charge in [-0.1, -0.05) is 12.1 Å². The maximum atomic E-state index is 13.6. The summed E-state index contributed by atoms with van der Waals surface area (Å²) in [5.74, 6) is 2.56. The second-order valence-corrected chi connectivity index (χ2v) is 20.8. The third-order valence-electron chi connectivity index (χ3n) is 11.2. The first-order chi connectivity index (χ1) is 35.5. The molecule has 74 heavy (non-hydrogen) atoms. The van der Waals surface area contributed by atoms with Gasteiger partial charge in [0.15, 0.2) is 54.5 Å². The van der Waals surface area contributed by atoms with Crippen LogP contribution < -0.4 is 18.9 Å². The number of para-hydroxylation sites is 2. The van der Waals surface area contributed by atoms with E-state index < -0.39 is 53.3 Å². The highest BCUT2D eigenvalue weighted by atomic mass is 32.2. The zero-order chi connectivity index (χ0) is 53.2. The summed E-state index contributed by atoms with van der Waals surface area (Å²) >= 11 is 0. The molecule has 0 spiro atoms. The Labute approximate surface area is 424 Å². The molecule has 0 aliphatic heterocycles. The van der Waals surface area contributed by atoms with Gasteiger partial charge in [-0.2, -0.15) is 0 Å². The van der Waals surface area contributed by atoms with Crippen molar-refractivity contribution in [3.05, 3.63) is 132 Å². The van der Waals surface area contributed by atoms with Gasteiger partial charge < -0.3 is 37.3 Å². The summed E-state index contributed by atoms with van der Waals surface area (Å²) in [7, 11) is 0.938. The molecule has 22 nitrogen and oxygen atoms in total. The minimum atomic E-state index is -3.91. The zero-order valence-corrected chi connectivity index (χ0v) is 43.1. The summed E-state index contributed by atoms with van der Waals surface area (Å²) in [5, 5.41) is 14.9. The predicted molar refractivity (Wildman–Crippen MR) is 262 cm³/mol. The molecule has 0 bridgehead atoms. The van der Waals surface area contributed by atoms with Crippen LogP contribution in [0.4, 0.5) is 8.78 Å². The van der Waals surface area contributed by atoms with E-state index in [1.165, 1.54) is 42.7 Å². The van der Waals surface area contributed by atoms with Gasteiger partial charge in [0.05, 0.1) is 76.9 Å². The number of hydrogen-bond acceptors (Lipinski definition) is 20. The van der Waals surface area contributed by atoms with E-state index in [9.17, 15) is 25.6 Å². The van der Waals surface area contributed by atoms with Crippen molar-refractivity contribution in [2.75, 3.05) is 55.9 Å². The van der Waals surface area contributed by atoms with E-state index in [-0.39, 0.29) is 61.0 Å². The zero-order valence-electron chi connectivity index (χ0n) is 41.4. The van der Waals surface area contributed by atoms with Crippen LogP contribution in [0.1, 0.15) is 34.8 Å². The number of sulfone groups is 2. The standard InChI is InChI=1S/2C24H26FN5O6S/c2*1-15-8-9-20(36-15)24-29-28-22(30(24)23-18(34-3)6-5-7-19(23)35-4)14-37(31,32)17(13-33-2)10-21-26-11-16(25)12-27-21/h2*5-9,11-12,17H,10,13-14H2,1-4H3/t2*17-/m10/s1. The second kappa shape index (κ2) is 23.9. The lowest BCUT2D eigenvalue weighted by Crippen LogP contribution is -2.31. The molecule has 8 rings (SSSR count). The van der Waals surface area contributed by atoms with Gasteiger partial charge in [-0.15, -0.1) is 20.4 Å². The molecule has 0 amide bonds. The summed E-state index contributed by atoms with van der Waals surface area (Å²) in [6, 6.07) is 17.3. The van der Waals surface area contributed by atoms with Crippen LogP contribution in [0, 0.1) is 25.5 Å². The molecule has 2 atom stereocenters. The summed E-state index contributed by atoms with van der Waals surface area (Å²) in [4.78, 5) is 15.6. The van der Waals surface area contributed by atoms with Gasteiger partial charge >= 0.3 is 0 Å². The summed E-state index contributed by atoms with van der Waals surface area (Å²) in [6.45, 7) is 3.32. The average Bonchev–Trinajstić information content (AvgIpc) is 4.21. The van der Waals surface area contributed by atoms with Gasteiger partial charge in [0.2, 0.25) is 11.6 Å². The maximum Gasteiger partial charge on any atom is 0.204 e. The molecule has 392 valence electrons. The first-order valence-electron chi connectivity index (χ1n) is 22.3. The van der Waals surface area contributed by atoms with Crippen LogP contribution in [0.5, 0.6) is 23.0 Å². The number of aromatic nitrogens is 10. The van der Waals surface area contributed by atoms with Crippen molar-refractivity contribution < 1.29 is 62.9 Å². The fourth-order valence-electron chi connectivity index (χ4n) is 7.67. The lowest BCUT2D eigenvalue weighted by atomic mass is 10.2. The van der Waals surface area contributed by atoms with E-state index in [2.05, 4.69) is 40.3 Å². The highest BCUT2D eigenvalue weighted by molar-refractivity contribution is 7.91. The van der Waals surface area contributed by atoms with Crippen LogP contribution in [0.15, 0.2) is 94.3 Å². The molecular formula is C48H52F2N10O12S2. The lowest BCUT2D eigenvalue weighted by molar-refractivity contribution is 0.196.